The van der Waals surface area contributed by atoms with E-state index in [-0.39, 0.29) is 17.0 Å². The quantitative estimate of drug-likeness (QED) is 0.866. The molecule has 0 aliphatic rings. The first-order valence-electron chi connectivity index (χ1n) is 6.69. The van der Waals surface area contributed by atoms with E-state index >= 15 is 0 Å². The molecule has 4 heteroatoms. The predicted molar refractivity (Wildman–Crippen MR) is 79.8 cm³/mol. The van der Waals surface area contributed by atoms with Gasteiger partial charge in [0.25, 0.3) is 5.56 Å². The van der Waals surface area contributed by atoms with Crippen LogP contribution in [-0.4, -0.2) is 4.57 Å². The Kier molecular flexibility index (Phi) is 4.21. The van der Waals surface area contributed by atoms with Crippen LogP contribution >= 0.6 is 0 Å². The molecule has 0 spiro atoms. The third-order valence-corrected chi connectivity index (χ3v) is 3.34. The Balaban J connectivity index is 2.49. The van der Waals surface area contributed by atoms with Crippen molar-refractivity contribution in [2.45, 2.75) is 26.3 Å². The Morgan fingerprint density at radius 2 is 1.71 bits per heavy atom. The molecule has 0 atom stereocenters. The summed E-state index contributed by atoms with van der Waals surface area (Å²) >= 11 is 0. The molecule has 2 rings (SSSR count). The Bertz CT molecular complexity index is 787. The largest absolute Gasteiger partial charge is 0.307 e. The van der Waals surface area contributed by atoms with Crippen LogP contribution in [0.15, 0.2) is 41.2 Å². The second kappa shape index (κ2) is 6.07. The lowest BCUT2D eigenvalue weighted by atomic mass is 10.1. The Morgan fingerprint density at radius 3 is 2.24 bits per heavy atom. The number of hydrogen-bond donors (Lipinski definition) is 0. The molecule has 0 fully saturated rings. The van der Waals surface area contributed by atoms with Gasteiger partial charge in [-0.05, 0) is 35.7 Å². The normalized spacial score (nSPS) is 10.1. The highest BCUT2D eigenvalue weighted by atomic mass is 16.1. The summed E-state index contributed by atoms with van der Waals surface area (Å²) in [4.78, 5) is 12.3. The van der Waals surface area contributed by atoms with Gasteiger partial charge in [-0.2, -0.15) is 10.5 Å². The number of pyridine rings is 1. The molecule has 0 aliphatic carbocycles. The number of nitriles is 2. The molecule has 0 saturated heterocycles. The summed E-state index contributed by atoms with van der Waals surface area (Å²) in [5.41, 5.74) is 2.28. The van der Waals surface area contributed by atoms with Crippen LogP contribution in [0.4, 0.5) is 0 Å². The predicted octanol–water partition coefficient (Wildman–Crippen LogP) is 2.76. The first-order valence-corrected chi connectivity index (χ1v) is 6.69. The first-order chi connectivity index (χ1) is 10.1. The van der Waals surface area contributed by atoms with E-state index in [4.69, 9.17) is 10.5 Å². The van der Waals surface area contributed by atoms with Gasteiger partial charge in [-0.15, -0.1) is 0 Å². The molecule has 0 bridgehead atoms. The molecule has 2 aromatic rings. The highest BCUT2D eigenvalue weighted by molar-refractivity contribution is 5.33. The number of rotatable bonds is 3. The lowest BCUT2D eigenvalue weighted by molar-refractivity contribution is 0.657. The van der Waals surface area contributed by atoms with Crippen LogP contribution in [0.3, 0.4) is 0 Å². The van der Waals surface area contributed by atoms with Crippen molar-refractivity contribution in [1.82, 2.24) is 4.57 Å². The molecule has 0 saturated carbocycles. The van der Waals surface area contributed by atoms with Crippen LogP contribution in [0.25, 0.3) is 0 Å². The van der Waals surface area contributed by atoms with Crippen molar-refractivity contribution in [3.05, 3.63) is 69.1 Å². The highest BCUT2D eigenvalue weighted by Gasteiger charge is 2.11. The maximum atomic E-state index is 12.3. The molecule has 1 aromatic heterocycles. The minimum atomic E-state index is -0.270. The molecule has 1 heterocycles. The molecule has 0 N–H and O–H groups in total. The number of aromatic nitrogens is 1. The van der Waals surface area contributed by atoms with E-state index in [1.165, 1.54) is 0 Å². The minimum Gasteiger partial charge on any atom is -0.307 e. The summed E-state index contributed by atoms with van der Waals surface area (Å²) in [6, 6.07) is 14.5. The smallest absolute Gasteiger partial charge is 0.268 e. The molecule has 21 heavy (non-hydrogen) atoms. The lowest BCUT2D eigenvalue weighted by Gasteiger charge is -2.16. The van der Waals surface area contributed by atoms with Gasteiger partial charge in [-0.3, -0.25) is 4.79 Å². The zero-order valence-corrected chi connectivity index (χ0v) is 12.0. The third kappa shape index (κ3) is 3.01. The highest BCUT2D eigenvalue weighted by Crippen LogP contribution is 2.15. The van der Waals surface area contributed by atoms with Gasteiger partial charge in [0.2, 0.25) is 0 Å². The van der Waals surface area contributed by atoms with Gasteiger partial charge in [0.15, 0.2) is 0 Å². The molecular formula is C17H15N3O. The van der Waals surface area contributed by atoms with Crippen LogP contribution in [0.1, 0.15) is 42.1 Å². The third-order valence-electron chi connectivity index (χ3n) is 3.34. The Morgan fingerprint density at radius 1 is 1.05 bits per heavy atom. The fraction of sp³-hybridized carbons (Fsp3) is 0.235. The molecule has 1 aromatic carbocycles. The van der Waals surface area contributed by atoms with Crippen LogP contribution in [-0.2, 0) is 6.54 Å². The molecule has 0 radical (unpaired) electrons. The van der Waals surface area contributed by atoms with Crippen molar-refractivity contribution in [3.63, 3.8) is 0 Å². The monoisotopic (exact) mass is 277 g/mol. The lowest BCUT2D eigenvalue weighted by Crippen LogP contribution is -2.26. The van der Waals surface area contributed by atoms with Crippen molar-refractivity contribution in [2.24, 2.45) is 0 Å². The maximum Gasteiger partial charge on any atom is 0.268 e. The van der Waals surface area contributed by atoms with Gasteiger partial charge in [0, 0.05) is 5.69 Å². The van der Waals surface area contributed by atoms with Crippen molar-refractivity contribution in [2.75, 3.05) is 0 Å². The van der Waals surface area contributed by atoms with Crippen molar-refractivity contribution >= 4 is 0 Å². The number of benzene rings is 1. The van der Waals surface area contributed by atoms with Gasteiger partial charge in [0.1, 0.15) is 11.6 Å². The van der Waals surface area contributed by atoms with E-state index in [0.717, 1.165) is 11.3 Å². The van der Waals surface area contributed by atoms with Crippen LogP contribution < -0.4 is 5.56 Å². The molecule has 0 amide bonds. The van der Waals surface area contributed by atoms with Gasteiger partial charge in [-0.1, -0.05) is 26.0 Å². The first kappa shape index (κ1) is 14.6. The summed E-state index contributed by atoms with van der Waals surface area (Å²) in [7, 11) is 0. The number of hydrogen-bond acceptors (Lipinski definition) is 3. The summed E-state index contributed by atoms with van der Waals surface area (Å²) in [5.74, 6) is 0.184. The molecule has 0 unspecified atom stereocenters. The maximum absolute atomic E-state index is 12.3. The fourth-order valence-corrected chi connectivity index (χ4v) is 2.21. The molecule has 0 aliphatic heterocycles. The van der Waals surface area contributed by atoms with E-state index in [2.05, 4.69) is 6.07 Å². The van der Waals surface area contributed by atoms with Crippen LogP contribution in [0.2, 0.25) is 0 Å². The van der Waals surface area contributed by atoms with E-state index in [1.807, 2.05) is 38.1 Å². The topological polar surface area (TPSA) is 69.6 Å². The summed E-state index contributed by atoms with van der Waals surface area (Å²) in [6.07, 6.45) is 0. The second-order valence-electron chi connectivity index (χ2n) is 5.14. The SMILES string of the molecule is CC(C)c1ccc(C#N)c(=O)n1Cc1ccc(C#N)cc1. The Hall–Kier alpha value is -2.85. The van der Waals surface area contributed by atoms with Crippen molar-refractivity contribution in [1.29, 1.82) is 10.5 Å². The van der Waals surface area contributed by atoms with Gasteiger partial charge < -0.3 is 4.57 Å². The summed E-state index contributed by atoms with van der Waals surface area (Å²) < 4.78 is 1.63. The van der Waals surface area contributed by atoms with Gasteiger partial charge in [-0.25, -0.2) is 0 Å². The van der Waals surface area contributed by atoms with Gasteiger partial charge >= 0.3 is 0 Å². The van der Waals surface area contributed by atoms with Gasteiger partial charge in [0.05, 0.1) is 18.2 Å². The summed E-state index contributed by atoms with van der Waals surface area (Å²) in [6.45, 7) is 4.42. The van der Waals surface area contributed by atoms with Crippen molar-refractivity contribution in [3.8, 4) is 12.1 Å². The minimum absolute atomic E-state index is 0.146. The van der Waals surface area contributed by atoms with E-state index in [0.29, 0.717) is 12.1 Å². The van der Waals surface area contributed by atoms with E-state index in [9.17, 15) is 4.79 Å². The Labute approximate surface area is 123 Å². The standard InChI is InChI=1S/C17H15N3O/c1-12(2)16-8-7-15(10-19)17(21)20(16)11-14-5-3-13(9-18)4-6-14/h3-8,12H,11H2,1-2H3. The number of nitrogens with zero attached hydrogens (tertiary/aromatic N) is 3. The fourth-order valence-electron chi connectivity index (χ4n) is 2.21. The van der Waals surface area contributed by atoms with Crippen LogP contribution in [0, 0.1) is 22.7 Å². The van der Waals surface area contributed by atoms with Crippen LogP contribution in [0.5, 0.6) is 0 Å². The average molecular weight is 277 g/mol. The summed E-state index contributed by atoms with van der Waals surface area (Å²) in [5, 5.41) is 17.8. The average Bonchev–Trinajstić information content (AvgIpc) is 2.49. The van der Waals surface area contributed by atoms with E-state index in [1.54, 1.807) is 22.8 Å². The molecule has 4 nitrogen and oxygen atoms in total. The zero-order chi connectivity index (χ0) is 15.4. The zero-order valence-electron chi connectivity index (χ0n) is 12.0. The molecular weight excluding hydrogens is 262 g/mol. The van der Waals surface area contributed by atoms with Crippen molar-refractivity contribution < 1.29 is 0 Å². The van der Waals surface area contributed by atoms with E-state index < -0.39 is 0 Å². The second-order valence-corrected chi connectivity index (χ2v) is 5.14. The molecule has 104 valence electrons.